The second-order valence-corrected chi connectivity index (χ2v) is 14.6. The number of aliphatic imine (C=N–C) groups is 2. The monoisotopic (exact) mass is 697 g/mol. The first kappa shape index (κ1) is 32.4. The third-order valence-corrected chi connectivity index (χ3v) is 11.7. The van der Waals surface area contributed by atoms with E-state index < -0.39 is 0 Å². The average molecular weight is 698 g/mol. The number of hydrogen-bond acceptors (Lipinski definition) is 12. The molecule has 7 rings (SSSR count). The van der Waals surface area contributed by atoms with Crippen LogP contribution in [0.5, 0.6) is 0 Å². The van der Waals surface area contributed by atoms with Crippen LogP contribution in [0, 0.1) is 5.82 Å². The number of nitrogens with one attached hydrogen (secondary N) is 1. The molecule has 0 bridgehead atoms. The zero-order valence-corrected chi connectivity index (χ0v) is 28.7. The first-order valence-corrected chi connectivity index (χ1v) is 18.1. The minimum absolute atomic E-state index is 0.0748. The number of hydrogen-bond donors (Lipinski definition) is 2. The molecule has 1 unspecified atom stereocenters. The van der Waals surface area contributed by atoms with E-state index in [1.54, 1.807) is 24.9 Å². The summed E-state index contributed by atoms with van der Waals surface area (Å²) in [7, 11) is 1.64. The van der Waals surface area contributed by atoms with E-state index in [2.05, 4.69) is 48.0 Å². The molecule has 0 amide bonds. The number of fused-ring (bicyclic) bond motifs is 1. The molecule has 3 aliphatic rings. The van der Waals surface area contributed by atoms with Crippen molar-refractivity contribution in [1.82, 2.24) is 24.3 Å². The first-order chi connectivity index (χ1) is 22.8. The van der Waals surface area contributed by atoms with E-state index in [1.165, 1.54) is 6.07 Å². The number of piperazine rings is 1. The number of rotatable bonds is 10. The fourth-order valence-electron chi connectivity index (χ4n) is 6.66. The van der Waals surface area contributed by atoms with Crippen LogP contribution >= 0.6 is 34.7 Å². The van der Waals surface area contributed by atoms with Crippen LogP contribution in [-0.4, -0.2) is 108 Å². The smallest absolute Gasteiger partial charge is 0.350 e. The van der Waals surface area contributed by atoms with Crippen LogP contribution in [0.4, 0.5) is 15.3 Å². The van der Waals surface area contributed by atoms with Gasteiger partial charge in [-0.25, -0.2) is 24.2 Å². The lowest BCUT2D eigenvalue weighted by Gasteiger charge is -2.38. The van der Waals surface area contributed by atoms with Gasteiger partial charge in [0, 0.05) is 73.0 Å². The Kier molecular flexibility index (Phi) is 9.52. The molecule has 3 N–H and O–H groups in total. The maximum absolute atomic E-state index is 14.8. The van der Waals surface area contributed by atoms with Crippen molar-refractivity contribution in [3.63, 3.8) is 0 Å². The van der Waals surface area contributed by atoms with Gasteiger partial charge in [0.15, 0.2) is 5.13 Å². The van der Waals surface area contributed by atoms with Gasteiger partial charge in [-0.15, -0.1) is 11.8 Å². The van der Waals surface area contributed by atoms with E-state index in [1.807, 2.05) is 10.6 Å². The third kappa shape index (κ3) is 6.40. The molecule has 1 saturated carbocycles. The van der Waals surface area contributed by atoms with Crippen molar-refractivity contribution in [3.8, 4) is 11.1 Å². The van der Waals surface area contributed by atoms with Crippen molar-refractivity contribution in [1.29, 1.82) is 0 Å². The summed E-state index contributed by atoms with van der Waals surface area (Å²) in [5.41, 5.74) is 8.42. The van der Waals surface area contributed by atoms with E-state index in [0.717, 1.165) is 84.8 Å². The largest absolute Gasteiger partial charge is 0.383 e. The topological polar surface area (TPSA) is 126 Å². The summed E-state index contributed by atoms with van der Waals surface area (Å²) in [6.07, 6.45) is 1.55. The van der Waals surface area contributed by atoms with E-state index >= 15 is 0 Å². The van der Waals surface area contributed by atoms with Crippen LogP contribution in [0.2, 0.25) is 5.02 Å². The quantitative estimate of drug-likeness (QED) is 0.172. The standard InChI is InChI=1S/C32H37ClFN9O2S2/c1-3-41-7-9-42(10-8-41)15-20-16-46-29-25(21-4-5-24(34)28-26(21)39-31(35)47-28)23(33)14-22-27(29)43(20)32(44)40-30(22)38-19-12-18(13-19)37-17-36-6-11-45-2/h4-5,14,18-20H,3,6-13,15-16H2,1-2H3,(H2,35,39)(H,38,40,44). The van der Waals surface area contributed by atoms with Gasteiger partial charge in [-0.3, -0.25) is 9.47 Å². The van der Waals surface area contributed by atoms with Gasteiger partial charge in [0.05, 0.1) is 52.0 Å². The minimum atomic E-state index is -0.378. The lowest BCUT2D eigenvalue weighted by molar-refractivity contribution is 0.126. The van der Waals surface area contributed by atoms with Crippen LogP contribution in [0.1, 0.15) is 25.8 Å². The zero-order chi connectivity index (χ0) is 32.7. The molecule has 1 atom stereocenters. The second kappa shape index (κ2) is 13.8. The normalized spacial score (nSPS) is 21.5. The predicted octanol–water partition coefficient (Wildman–Crippen LogP) is 5.10. The number of thioether (sulfide) groups is 1. The van der Waals surface area contributed by atoms with Crippen LogP contribution in [0.3, 0.4) is 0 Å². The molecule has 4 aromatic rings. The van der Waals surface area contributed by atoms with Gasteiger partial charge in [-0.05, 0) is 37.6 Å². The highest BCUT2D eigenvalue weighted by molar-refractivity contribution is 7.99. The third-order valence-electron chi connectivity index (χ3n) is 9.24. The van der Waals surface area contributed by atoms with Crippen molar-refractivity contribution in [3.05, 3.63) is 39.5 Å². The summed E-state index contributed by atoms with van der Waals surface area (Å²) in [6, 6.07) is 7.91. The molecule has 4 heterocycles. The number of thiazole rings is 1. The highest BCUT2D eigenvalue weighted by atomic mass is 35.5. The molecule has 0 spiro atoms. The summed E-state index contributed by atoms with van der Waals surface area (Å²) in [5, 5.41) is 5.06. The Morgan fingerprint density at radius 2 is 2.00 bits per heavy atom. The maximum atomic E-state index is 14.8. The molecule has 0 radical (unpaired) electrons. The van der Waals surface area contributed by atoms with Crippen molar-refractivity contribution in [2.75, 3.05) is 76.3 Å². The minimum Gasteiger partial charge on any atom is -0.383 e. The molecular weight excluding hydrogens is 661 g/mol. The Hall–Kier alpha value is -3.10. The molecule has 11 nitrogen and oxygen atoms in total. The maximum Gasteiger partial charge on any atom is 0.350 e. The van der Waals surface area contributed by atoms with Crippen molar-refractivity contribution >= 4 is 72.8 Å². The highest BCUT2D eigenvalue weighted by Crippen LogP contribution is 2.49. The van der Waals surface area contributed by atoms with E-state index in [4.69, 9.17) is 22.1 Å². The van der Waals surface area contributed by atoms with Gasteiger partial charge in [-0.2, -0.15) is 4.98 Å². The molecule has 1 saturated heterocycles. The van der Waals surface area contributed by atoms with Crippen molar-refractivity contribution in [2.24, 2.45) is 9.98 Å². The van der Waals surface area contributed by atoms with Crippen LogP contribution in [0.15, 0.2) is 37.9 Å². The molecule has 2 aromatic heterocycles. The Balaban J connectivity index is 1.28. The van der Waals surface area contributed by atoms with Gasteiger partial charge < -0.3 is 20.7 Å². The fraction of sp³-hybridized carbons (Fsp3) is 0.500. The summed E-state index contributed by atoms with van der Waals surface area (Å²) >= 11 is 9.91. The second-order valence-electron chi connectivity index (χ2n) is 12.2. The van der Waals surface area contributed by atoms with Crippen molar-refractivity contribution in [2.45, 2.75) is 42.8 Å². The SMILES string of the molecule is CCN1CCN(CC2CSc3c(-c4ccc(F)c5sc(N)nc45)c(Cl)cc4c(NC5CC(N=C=NCCOC)C5)nc(=O)n2c34)CC1. The van der Waals surface area contributed by atoms with Crippen LogP contribution in [0.25, 0.3) is 32.2 Å². The number of nitrogen functional groups attached to an aromatic ring is 1. The number of likely N-dealkylation sites (N-methyl/N-ethyl adjacent to an activating group) is 1. The van der Waals surface area contributed by atoms with E-state index in [-0.39, 0.29) is 34.8 Å². The van der Waals surface area contributed by atoms with Gasteiger partial charge in [0.2, 0.25) is 0 Å². The van der Waals surface area contributed by atoms with E-state index in [0.29, 0.717) is 45.5 Å². The summed E-state index contributed by atoms with van der Waals surface area (Å²) in [4.78, 5) is 37.4. The van der Waals surface area contributed by atoms with Crippen molar-refractivity contribution < 1.29 is 9.13 Å². The number of benzene rings is 2. The Labute approximate surface area is 285 Å². The molecule has 248 valence electrons. The number of nitrogens with zero attached hydrogens (tertiary/aromatic N) is 7. The first-order valence-electron chi connectivity index (χ1n) is 15.9. The average Bonchev–Trinajstić information content (AvgIpc) is 3.45. The molecule has 2 aliphatic heterocycles. The number of nitrogens with two attached hydrogens (primary N) is 1. The Morgan fingerprint density at radius 1 is 1.21 bits per heavy atom. The van der Waals surface area contributed by atoms with E-state index in [9.17, 15) is 9.18 Å². The van der Waals surface area contributed by atoms with Crippen LogP contribution in [-0.2, 0) is 4.74 Å². The molecule has 2 fully saturated rings. The molecule has 1 aliphatic carbocycles. The fourth-order valence-corrected chi connectivity index (χ4v) is 9.11. The highest BCUT2D eigenvalue weighted by Gasteiger charge is 2.34. The lowest BCUT2D eigenvalue weighted by atomic mass is 9.87. The number of methoxy groups -OCH3 is 1. The zero-order valence-electron chi connectivity index (χ0n) is 26.3. The number of anilines is 2. The summed E-state index contributed by atoms with van der Waals surface area (Å²) in [5.74, 6) is 0.809. The molecular formula is C32H37ClFN9O2S2. The van der Waals surface area contributed by atoms with Gasteiger partial charge in [0.25, 0.3) is 0 Å². The molecule has 15 heteroatoms. The molecule has 47 heavy (non-hydrogen) atoms. The lowest BCUT2D eigenvalue weighted by Crippen LogP contribution is -2.49. The molecule has 2 aromatic carbocycles. The summed E-state index contributed by atoms with van der Waals surface area (Å²) in [6.45, 7) is 8.99. The van der Waals surface area contributed by atoms with Gasteiger partial charge in [0.1, 0.15) is 11.6 Å². The summed E-state index contributed by atoms with van der Waals surface area (Å²) < 4.78 is 22.1. The predicted molar refractivity (Wildman–Crippen MR) is 189 cm³/mol. The van der Waals surface area contributed by atoms with Crippen LogP contribution < -0.4 is 16.7 Å². The number of ether oxygens (including phenoxy) is 1. The Bertz CT molecular complexity index is 1930. The van der Waals surface area contributed by atoms with Gasteiger partial charge in [-0.1, -0.05) is 29.9 Å². The van der Waals surface area contributed by atoms with Gasteiger partial charge >= 0.3 is 5.69 Å². The number of halogens is 2. The Morgan fingerprint density at radius 3 is 2.77 bits per heavy atom. The number of aromatic nitrogens is 3.